The average molecular weight is 270 g/mol. The summed E-state index contributed by atoms with van der Waals surface area (Å²) >= 11 is 0. The molecule has 1 aromatic carbocycles. The van der Waals surface area contributed by atoms with E-state index in [0.717, 1.165) is 23.9 Å². The lowest BCUT2D eigenvalue weighted by molar-refractivity contribution is 0.172. The molecule has 1 aliphatic rings. The lowest BCUT2D eigenvalue weighted by atomic mass is 9.77. The third-order valence-electron chi connectivity index (χ3n) is 4.25. The van der Waals surface area contributed by atoms with Gasteiger partial charge in [0.1, 0.15) is 5.82 Å². The molecule has 0 spiro atoms. The van der Waals surface area contributed by atoms with E-state index in [1.54, 1.807) is 0 Å². The van der Waals surface area contributed by atoms with Gasteiger partial charge < -0.3 is 5.32 Å². The minimum atomic E-state index is 0.199. The van der Waals surface area contributed by atoms with Crippen molar-refractivity contribution < 1.29 is 0 Å². The van der Waals surface area contributed by atoms with Crippen LogP contribution in [0.3, 0.4) is 0 Å². The summed E-state index contributed by atoms with van der Waals surface area (Å²) in [5.74, 6) is 1.97. The molecule has 0 amide bonds. The van der Waals surface area contributed by atoms with Crippen LogP contribution in [0.1, 0.15) is 44.4 Å². The molecule has 0 aliphatic carbocycles. The first-order valence-electron chi connectivity index (χ1n) is 7.30. The molecular weight excluding hydrogens is 248 g/mol. The molecule has 4 heteroatoms. The van der Waals surface area contributed by atoms with E-state index >= 15 is 0 Å². The van der Waals surface area contributed by atoms with E-state index in [1.807, 2.05) is 13.0 Å². The van der Waals surface area contributed by atoms with Crippen molar-refractivity contribution in [1.82, 2.24) is 20.1 Å². The van der Waals surface area contributed by atoms with Crippen LogP contribution >= 0.6 is 0 Å². The van der Waals surface area contributed by atoms with Gasteiger partial charge in [-0.05, 0) is 43.9 Å². The van der Waals surface area contributed by atoms with Crippen molar-refractivity contribution in [1.29, 1.82) is 0 Å². The molecule has 1 aliphatic heterocycles. The Morgan fingerprint density at radius 2 is 1.95 bits per heavy atom. The lowest BCUT2D eigenvalue weighted by Crippen LogP contribution is -2.41. The van der Waals surface area contributed by atoms with Crippen molar-refractivity contribution in [3.8, 4) is 5.69 Å². The molecule has 1 fully saturated rings. The van der Waals surface area contributed by atoms with Gasteiger partial charge in [-0.1, -0.05) is 32.0 Å². The van der Waals surface area contributed by atoms with Gasteiger partial charge in [-0.25, -0.2) is 0 Å². The summed E-state index contributed by atoms with van der Waals surface area (Å²) < 4.78 is 2.17. The predicted molar refractivity (Wildman–Crippen MR) is 79.9 cm³/mol. The van der Waals surface area contributed by atoms with E-state index in [1.165, 1.54) is 12.8 Å². The number of para-hydroxylation sites is 1. The van der Waals surface area contributed by atoms with Gasteiger partial charge in [0.15, 0.2) is 5.82 Å². The van der Waals surface area contributed by atoms with E-state index in [4.69, 9.17) is 0 Å². The maximum atomic E-state index is 4.46. The lowest BCUT2D eigenvalue weighted by Gasteiger charge is -2.38. The first-order chi connectivity index (χ1) is 9.59. The molecular formula is C16H22N4. The molecule has 20 heavy (non-hydrogen) atoms. The number of rotatable bonds is 2. The number of hydrogen-bond acceptors (Lipinski definition) is 3. The summed E-state index contributed by atoms with van der Waals surface area (Å²) in [6, 6.07) is 10.6. The number of piperidine rings is 1. The largest absolute Gasteiger partial charge is 0.307 e. The number of nitrogens with one attached hydrogen (secondary N) is 1. The third-order valence-corrected chi connectivity index (χ3v) is 4.25. The van der Waals surface area contributed by atoms with Crippen molar-refractivity contribution in [3.63, 3.8) is 0 Å². The van der Waals surface area contributed by atoms with E-state index in [-0.39, 0.29) is 11.5 Å². The van der Waals surface area contributed by atoms with Gasteiger partial charge in [0.2, 0.25) is 0 Å². The number of aromatic nitrogens is 3. The van der Waals surface area contributed by atoms with Crippen molar-refractivity contribution in [2.24, 2.45) is 5.41 Å². The van der Waals surface area contributed by atoms with Crippen molar-refractivity contribution in [2.45, 2.75) is 39.7 Å². The highest BCUT2D eigenvalue weighted by atomic mass is 15.3. The minimum Gasteiger partial charge on any atom is -0.307 e. The van der Waals surface area contributed by atoms with Crippen LogP contribution in [0.4, 0.5) is 0 Å². The Labute approximate surface area is 120 Å². The monoisotopic (exact) mass is 270 g/mol. The molecule has 3 rings (SSSR count). The molecule has 2 heterocycles. The van der Waals surface area contributed by atoms with Crippen LogP contribution in [0.15, 0.2) is 30.3 Å². The normalized spacial score (nSPS) is 21.9. The maximum absolute atomic E-state index is 4.46. The highest BCUT2D eigenvalue weighted by Crippen LogP contribution is 2.40. The van der Waals surface area contributed by atoms with Gasteiger partial charge in [0.05, 0.1) is 6.04 Å². The molecule has 0 bridgehead atoms. The molecule has 1 unspecified atom stereocenters. The Balaban J connectivity index is 2.07. The van der Waals surface area contributed by atoms with E-state index < -0.39 is 0 Å². The molecule has 1 atom stereocenters. The van der Waals surface area contributed by atoms with Crippen LogP contribution in [-0.2, 0) is 0 Å². The molecule has 0 saturated carbocycles. The average Bonchev–Trinajstić information content (AvgIpc) is 2.81. The zero-order chi connectivity index (χ0) is 14.2. The van der Waals surface area contributed by atoms with Gasteiger partial charge in [-0.15, -0.1) is 10.2 Å². The molecule has 0 radical (unpaired) electrons. The van der Waals surface area contributed by atoms with Crippen LogP contribution in [-0.4, -0.2) is 21.3 Å². The second-order valence-electron chi connectivity index (χ2n) is 6.26. The quantitative estimate of drug-likeness (QED) is 0.912. The van der Waals surface area contributed by atoms with E-state index in [0.29, 0.717) is 0 Å². The molecule has 1 saturated heterocycles. The Morgan fingerprint density at radius 3 is 2.65 bits per heavy atom. The van der Waals surface area contributed by atoms with Gasteiger partial charge in [0, 0.05) is 5.69 Å². The maximum Gasteiger partial charge on any atom is 0.155 e. The van der Waals surface area contributed by atoms with E-state index in [2.05, 4.69) is 58.2 Å². The molecule has 4 nitrogen and oxygen atoms in total. The first-order valence-corrected chi connectivity index (χ1v) is 7.30. The smallest absolute Gasteiger partial charge is 0.155 e. The minimum absolute atomic E-state index is 0.199. The van der Waals surface area contributed by atoms with Crippen molar-refractivity contribution in [3.05, 3.63) is 42.0 Å². The SMILES string of the molecule is Cc1nnc(C2NCCCC2(C)C)n1-c1ccccc1. The topological polar surface area (TPSA) is 42.7 Å². The zero-order valence-electron chi connectivity index (χ0n) is 12.4. The fourth-order valence-corrected chi connectivity index (χ4v) is 3.11. The Kier molecular flexibility index (Phi) is 3.34. The van der Waals surface area contributed by atoms with Gasteiger partial charge >= 0.3 is 0 Å². The fourth-order valence-electron chi connectivity index (χ4n) is 3.11. The van der Waals surface area contributed by atoms with Crippen LogP contribution in [0.2, 0.25) is 0 Å². The zero-order valence-corrected chi connectivity index (χ0v) is 12.4. The summed E-state index contributed by atoms with van der Waals surface area (Å²) in [7, 11) is 0. The number of benzene rings is 1. The summed E-state index contributed by atoms with van der Waals surface area (Å²) in [5, 5.41) is 12.4. The van der Waals surface area contributed by atoms with Gasteiger partial charge in [-0.2, -0.15) is 0 Å². The third kappa shape index (κ3) is 2.24. The van der Waals surface area contributed by atoms with E-state index in [9.17, 15) is 0 Å². The molecule has 106 valence electrons. The second-order valence-corrected chi connectivity index (χ2v) is 6.26. The summed E-state index contributed by atoms with van der Waals surface area (Å²) in [5.41, 5.74) is 1.33. The van der Waals surface area contributed by atoms with Crippen molar-refractivity contribution >= 4 is 0 Å². The van der Waals surface area contributed by atoms with Gasteiger partial charge in [-0.3, -0.25) is 4.57 Å². The second kappa shape index (κ2) is 5.02. The summed E-state index contributed by atoms with van der Waals surface area (Å²) in [6.07, 6.45) is 2.44. The number of aryl methyl sites for hydroxylation is 1. The molecule has 1 aromatic heterocycles. The summed E-state index contributed by atoms with van der Waals surface area (Å²) in [6.45, 7) is 7.68. The Hall–Kier alpha value is -1.68. The van der Waals surface area contributed by atoms with Gasteiger partial charge in [0.25, 0.3) is 0 Å². The predicted octanol–water partition coefficient (Wildman–Crippen LogP) is 3.03. The standard InChI is InChI=1S/C16H22N4/c1-12-18-19-15(14-16(2,3)10-7-11-17-14)20(12)13-8-5-4-6-9-13/h4-6,8-9,14,17H,7,10-11H2,1-3H3. The highest BCUT2D eigenvalue weighted by molar-refractivity contribution is 5.34. The van der Waals surface area contributed by atoms with Crippen molar-refractivity contribution in [2.75, 3.05) is 6.54 Å². The molecule has 1 N–H and O–H groups in total. The van der Waals surface area contributed by atoms with Crippen LogP contribution in [0.25, 0.3) is 5.69 Å². The summed E-state index contributed by atoms with van der Waals surface area (Å²) in [4.78, 5) is 0. The highest BCUT2D eigenvalue weighted by Gasteiger charge is 2.36. The first kappa shape index (κ1) is 13.3. The van der Waals surface area contributed by atoms with Crippen LogP contribution < -0.4 is 5.32 Å². The molecule has 2 aromatic rings. The van der Waals surface area contributed by atoms with Crippen LogP contribution in [0.5, 0.6) is 0 Å². The van der Waals surface area contributed by atoms with Crippen LogP contribution in [0, 0.1) is 12.3 Å². The fraction of sp³-hybridized carbons (Fsp3) is 0.500. The number of nitrogens with zero attached hydrogens (tertiary/aromatic N) is 3. The Morgan fingerprint density at radius 1 is 1.20 bits per heavy atom. The number of hydrogen-bond donors (Lipinski definition) is 1. The Bertz CT molecular complexity index is 586.